The number of likely N-dealkylation sites (N-methyl/N-ethyl adjacent to an activating group) is 1. The number of anilines is 1. The molecule has 0 N–H and O–H groups in total. The lowest BCUT2D eigenvalue weighted by Gasteiger charge is -2.19. The molecule has 6 heteroatoms. The van der Waals surface area contributed by atoms with E-state index in [2.05, 4.69) is 14.6 Å². The summed E-state index contributed by atoms with van der Waals surface area (Å²) in [6.45, 7) is 7.00. The number of carbonyl (C=O) groups excluding carboxylic acids is 1. The van der Waals surface area contributed by atoms with Crippen molar-refractivity contribution >= 4 is 22.4 Å². The van der Waals surface area contributed by atoms with Crippen molar-refractivity contribution in [1.82, 2.24) is 4.98 Å². The van der Waals surface area contributed by atoms with Gasteiger partial charge in [0.2, 0.25) is 0 Å². The van der Waals surface area contributed by atoms with Gasteiger partial charge in [0.15, 0.2) is 5.13 Å². The largest absolute Gasteiger partial charge is 0.465 e. The van der Waals surface area contributed by atoms with E-state index in [1.165, 1.54) is 18.4 Å². The summed E-state index contributed by atoms with van der Waals surface area (Å²) < 4.78 is 9.96. The normalized spacial score (nSPS) is 10.3. The molecule has 0 saturated carbocycles. The van der Waals surface area contributed by atoms with Gasteiger partial charge in [-0.3, -0.25) is 0 Å². The van der Waals surface area contributed by atoms with Crippen LogP contribution in [0, 0.1) is 0 Å². The van der Waals surface area contributed by atoms with Crippen LogP contribution in [-0.4, -0.2) is 44.4 Å². The van der Waals surface area contributed by atoms with Crippen molar-refractivity contribution in [2.45, 2.75) is 13.8 Å². The van der Waals surface area contributed by atoms with E-state index < -0.39 is 0 Å². The molecule has 0 atom stereocenters. The third-order valence-electron chi connectivity index (χ3n) is 2.24. The van der Waals surface area contributed by atoms with Gasteiger partial charge in [0.1, 0.15) is 4.88 Å². The van der Waals surface area contributed by atoms with Gasteiger partial charge in [-0.05, 0) is 13.8 Å². The molecule has 0 saturated heterocycles. The molecule has 0 unspecified atom stereocenters. The molecule has 0 spiro atoms. The Hall–Kier alpha value is -1.14. The molecule has 0 amide bonds. The minimum absolute atomic E-state index is 0.338. The smallest absolute Gasteiger partial charge is 0.349 e. The summed E-state index contributed by atoms with van der Waals surface area (Å²) in [6.07, 6.45) is 1.55. The number of hydrogen-bond acceptors (Lipinski definition) is 6. The van der Waals surface area contributed by atoms with E-state index in [9.17, 15) is 4.79 Å². The van der Waals surface area contributed by atoms with Crippen LogP contribution in [0.1, 0.15) is 23.5 Å². The van der Waals surface area contributed by atoms with Crippen molar-refractivity contribution in [2.24, 2.45) is 0 Å². The van der Waals surface area contributed by atoms with Gasteiger partial charge < -0.3 is 14.4 Å². The number of nitrogens with zero attached hydrogens (tertiary/aromatic N) is 2. The molecule has 0 bridgehead atoms. The maximum absolute atomic E-state index is 11.3. The van der Waals surface area contributed by atoms with Crippen LogP contribution in [0.5, 0.6) is 0 Å². The molecule has 0 aliphatic heterocycles. The van der Waals surface area contributed by atoms with Gasteiger partial charge in [-0.1, -0.05) is 11.3 Å². The number of rotatable bonds is 7. The number of aromatic nitrogens is 1. The molecule has 1 aromatic rings. The van der Waals surface area contributed by atoms with E-state index in [4.69, 9.17) is 4.74 Å². The molecule has 0 fully saturated rings. The second-order valence-corrected chi connectivity index (χ2v) is 4.28. The van der Waals surface area contributed by atoms with Crippen LogP contribution < -0.4 is 4.90 Å². The molecule has 96 valence electrons. The van der Waals surface area contributed by atoms with Crippen LogP contribution in [0.15, 0.2) is 6.20 Å². The zero-order chi connectivity index (χ0) is 12.7. The number of thiazole rings is 1. The number of hydrogen-bond donors (Lipinski definition) is 0. The first-order chi connectivity index (χ1) is 8.22. The molecule has 0 aliphatic carbocycles. The lowest BCUT2D eigenvalue weighted by atomic mass is 10.5. The van der Waals surface area contributed by atoms with Crippen molar-refractivity contribution in [2.75, 3.05) is 38.3 Å². The average Bonchev–Trinajstić information content (AvgIpc) is 2.83. The van der Waals surface area contributed by atoms with Crippen molar-refractivity contribution in [3.63, 3.8) is 0 Å². The maximum atomic E-state index is 11.3. The first kappa shape index (κ1) is 13.9. The van der Waals surface area contributed by atoms with Gasteiger partial charge in [0, 0.05) is 19.7 Å². The monoisotopic (exact) mass is 258 g/mol. The number of carbonyl (C=O) groups is 1. The lowest BCUT2D eigenvalue weighted by Crippen LogP contribution is -2.26. The standard InChI is InChI=1S/C11H18N2O3S/c1-4-13(6-7-16-5-2)11-12-8-9(17-11)10(14)15-3/h8H,4-7H2,1-3H3. The summed E-state index contributed by atoms with van der Waals surface area (Å²) in [5, 5.41) is 0.826. The molecular formula is C11H18N2O3S. The Morgan fingerprint density at radius 2 is 2.29 bits per heavy atom. The van der Waals surface area contributed by atoms with E-state index in [1.54, 1.807) is 6.20 Å². The molecule has 0 aliphatic rings. The van der Waals surface area contributed by atoms with E-state index in [1.807, 2.05) is 13.8 Å². The van der Waals surface area contributed by atoms with Gasteiger partial charge in [-0.15, -0.1) is 0 Å². The average molecular weight is 258 g/mol. The van der Waals surface area contributed by atoms with Crippen molar-refractivity contribution in [3.05, 3.63) is 11.1 Å². The predicted molar refractivity (Wildman–Crippen MR) is 67.8 cm³/mol. The first-order valence-electron chi connectivity index (χ1n) is 5.59. The summed E-state index contributed by atoms with van der Waals surface area (Å²) in [5.74, 6) is -0.338. The van der Waals surface area contributed by atoms with E-state index in [0.29, 0.717) is 18.1 Å². The van der Waals surface area contributed by atoms with Crippen LogP contribution in [-0.2, 0) is 9.47 Å². The van der Waals surface area contributed by atoms with Crippen molar-refractivity contribution < 1.29 is 14.3 Å². The molecule has 0 radical (unpaired) electrons. The Morgan fingerprint density at radius 3 is 2.88 bits per heavy atom. The van der Waals surface area contributed by atoms with E-state index >= 15 is 0 Å². The van der Waals surface area contributed by atoms with Crippen LogP contribution in [0.4, 0.5) is 5.13 Å². The second-order valence-electron chi connectivity index (χ2n) is 3.28. The van der Waals surface area contributed by atoms with Crippen molar-refractivity contribution in [1.29, 1.82) is 0 Å². The highest BCUT2D eigenvalue weighted by atomic mass is 32.1. The Labute approximate surface area is 105 Å². The fraction of sp³-hybridized carbons (Fsp3) is 0.636. The Kier molecular flexibility index (Phi) is 5.93. The summed E-state index contributed by atoms with van der Waals surface area (Å²) in [5.41, 5.74) is 0. The van der Waals surface area contributed by atoms with Gasteiger partial charge >= 0.3 is 5.97 Å². The van der Waals surface area contributed by atoms with Crippen LogP contribution >= 0.6 is 11.3 Å². The molecule has 17 heavy (non-hydrogen) atoms. The van der Waals surface area contributed by atoms with Gasteiger partial charge in [0.05, 0.1) is 19.9 Å². The first-order valence-corrected chi connectivity index (χ1v) is 6.41. The molecule has 0 aromatic carbocycles. The number of esters is 1. The highest BCUT2D eigenvalue weighted by molar-refractivity contribution is 7.17. The minimum Gasteiger partial charge on any atom is -0.465 e. The molecular weight excluding hydrogens is 240 g/mol. The van der Waals surface area contributed by atoms with Gasteiger partial charge in [-0.25, -0.2) is 9.78 Å². The van der Waals surface area contributed by atoms with Crippen LogP contribution in [0.3, 0.4) is 0 Å². The third kappa shape index (κ3) is 3.98. The van der Waals surface area contributed by atoms with E-state index in [-0.39, 0.29) is 5.97 Å². The fourth-order valence-corrected chi connectivity index (χ4v) is 2.24. The van der Waals surface area contributed by atoms with Gasteiger partial charge in [-0.2, -0.15) is 0 Å². The predicted octanol–water partition coefficient (Wildman–Crippen LogP) is 1.79. The van der Waals surface area contributed by atoms with Crippen LogP contribution in [0.2, 0.25) is 0 Å². The van der Waals surface area contributed by atoms with Crippen LogP contribution in [0.25, 0.3) is 0 Å². The number of methoxy groups -OCH3 is 1. The highest BCUT2D eigenvalue weighted by Crippen LogP contribution is 2.22. The van der Waals surface area contributed by atoms with Crippen molar-refractivity contribution in [3.8, 4) is 0 Å². The van der Waals surface area contributed by atoms with E-state index in [0.717, 1.165) is 18.2 Å². The molecule has 5 nitrogen and oxygen atoms in total. The number of ether oxygens (including phenoxy) is 2. The third-order valence-corrected chi connectivity index (χ3v) is 3.28. The second kappa shape index (κ2) is 7.24. The summed E-state index contributed by atoms with van der Waals surface area (Å²) in [7, 11) is 1.37. The quantitative estimate of drug-likeness (QED) is 0.551. The Morgan fingerprint density at radius 1 is 1.53 bits per heavy atom. The topological polar surface area (TPSA) is 51.7 Å². The van der Waals surface area contributed by atoms with Gasteiger partial charge in [0.25, 0.3) is 0 Å². The zero-order valence-corrected chi connectivity index (χ0v) is 11.2. The SMILES string of the molecule is CCOCCN(CC)c1ncc(C(=O)OC)s1. The molecule has 1 rings (SSSR count). The summed E-state index contributed by atoms with van der Waals surface area (Å²) >= 11 is 1.34. The zero-order valence-electron chi connectivity index (χ0n) is 10.4. The lowest BCUT2D eigenvalue weighted by molar-refractivity contribution is 0.0606. The molecule has 1 heterocycles. The maximum Gasteiger partial charge on any atom is 0.349 e. The summed E-state index contributed by atoms with van der Waals surface area (Å²) in [6, 6.07) is 0. The Bertz CT molecular complexity index is 354. The summed E-state index contributed by atoms with van der Waals surface area (Å²) in [4.78, 5) is 18.1. The molecule has 1 aromatic heterocycles. The minimum atomic E-state index is -0.338. The fourth-order valence-electron chi connectivity index (χ4n) is 1.31. The Balaban J connectivity index is 2.62. The highest BCUT2D eigenvalue weighted by Gasteiger charge is 2.14.